The first-order chi connectivity index (χ1) is 8.52. The smallest absolute Gasteiger partial charge is 0.301 e. The lowest BCUT2D eigenvalue weighted by Crippen LogP contribution is -2.20. The highest BCUT2D eigenvalue weighted by Gasteiger charge is 2.11. The summed E-state index contributed by atoms with van der Waals surface area (Å²) in [6.45, 7) is 0. The van der Waals surface area contributed by atoms with E-state index in [-0.39, 0.29) is 16.8 Å². The largest absolute Gasteiger partial charge is 0.347 e. The Morgan fingerprint density at radius 2 is 2.06 bits per heavy atom. The van der Waals surface area contributed by atoms with Crippen LogP contribution in [-0.2, 0) is 7.05 Å². The van der Waals surface area contributed by atoms with Crippen molar-refractivity contribution in [2.45, 2.75) is 0 Å². The van der Waals surface area contributed by atoms with Gasteiger partial charge in [0, 0.05) is 18.8 Å². The van der Waals surface area contributed by atoms with Gasteiger partial charge in [0.15, 0.2) is 11.6 Å². The van der Waals surface area contributed by atoms with Crippen LogP contribution in [0.5, 0.6) is 0 Å². The molecule has 90 valence electrons. The molecule has 2 rings (SSSR count). The number of rotatable bonds is 1. The summed E-state index contributed by atoms with van der Waals surface area (Å²) >= 11 is 0. The van der Waals surface area contributed by atoms with Crippen molar-refractivity contribution in [3.8, 4) is 17.3 Å². The number of hydrogen-bond acceptors (Lipinski definition) is 3. The van der Waals surface area contributed by atoms with Gasteiger partial charge >= 0.3 is 5.69 Å². The molecule has 0 saturated heterocycles. The topological polar surface area (TPSA) is 58.7 Å². The van der Waals surface area contributed by atoms with Crippen LogP contribution in [0.15, 0.2) is 29.2 Å². The number of hydrogen-bond donors (Lipinski definition) is 0. The predicted octanol–water partition coefficient (Wildman–Crippen LogP) is 1.60. The number of nitrogens with zero attached hydrogens (tertiary/aromatic N) is 3. The second kappa shape index (κ2) is 4.37. The summed E-state index contributed by atoms with van der Waals surface area (Å²) in [5, 5.41) is 8.95. The fourth-order valence-corrected chi connectivity index (χ4v) is 1.49. The quantitative estimate of drug-likeness (QED) is 0.769. The van der Waals surface area contributed by atoms with Crippen LogP contribution in [0.4, 0.5) is 8.78 Å². The molecule has 1 aromatic carbocycles. The average molecular weight is 247 g/mol. The molecule has 0 aliphatic carbocycles. The number of nitriles is 1. The van der Waals surface area contributed by atoms with E-state index < -0.39 is 17.3 Å². The molecule has 0 bridgehead atoms. The Morgan fingerprint density at radius 3 is 2.67 bits per heavy atom. The summed E-state index contributed by atoms with van der Waals surface area (Å²) in [5.74, 6) is -2.06. The summed E-state index contributed by atoms with van der Waals surface area (Å²) in [5.41, 5.74) is -0.237. The summed E-state index contributed by atoms with van der Waals surface area (Å²) < 4.78 is 27.1. The maximum absolute atomic E-state index is 13.1. The normalized spacial score (nSPS) is 10.1. The molecule has 6 heteroatoms. The Balaban J connectivity index is 2.71. The first kappa shape index (κ1) is 11.9. The fourth-order valence-electron chi connectivity index (χ4n) is 1.49. The Bertz CT molecular complexity index is 716. The van der Waals surface area contributed by atoms with Gasteiger partial charge in [-0.05, 0) is 18.2 Å². The molecular formula is C12H7F2N3O. The van der Waals surface area contributed by atoms with Gasteiger partial charge in [-0.1, -0.05) is 0 Å². The van der Waals surface area contributed by atoms with E-state index in [4.69, 9.17) is 5.26 Å². The molecule has 0 aliphatic heterocycles. The van der Waals surface area contributed by atoms with Gasteiger partial charge in [-0.3, -0.25) is 0 Å². The van der Waals surface area contributed by atoms with Crippen LogP contribution in [0.1, 0.15) is 5.56 Å². The molecule has 0 radical (unpaired) electrons. The van der Waals surface area contributed by atoms with E-state index in [1.54, 1.807) is 0 Å². The van der Waals surface area contributed by atoms with E-state index in [1.165, 1.54) is 19.3 Å². The van der Waals surface area contributed by atoms with E-state index in [2.05, 4.69) is 4.98 Å². The van der Waals surface area contributed by atoms with E-state index >= 15 is 0 Å². The van der Waals surface area contributed by atoms with Gasteiger partial charge in [-0.15, -0.1) is 0 Å². The standard InChI is InChI=1S/C12H7F2N3O/c1-17-6-8(5-15)11(16-12(17)18)7-2-3-9(13)10(14)4-7/h2-4,6H,1H3. The van der Waals surface area contributed by atoms with Gasteiger partial charge in [0.05, 0.1) is 11.3 Å². The Hall–Kier alpha value is -2.55. The van der Waals surface area contributed by atoms with Gasteiger partial charge in [-0.25, -0.2) is 13.6 Å². The molecule has 1 aromatic heterocycles. The van der Waals surface area contributed by atoms with Crippen molar-refractivity contribution < 1.29 is 8.78 Å². The summed E-state index contributed by atoms with van der Waals surface area (Å²) in [6, 6.07) is 4.95. The molecule has 0 N–H and O–H groups in total. The van der Waals surface area contributed by atoms with Crippen molar-refractivity contribution in [2.75, 3.05) is 0 Å². The molecular weight excluding hydrogens is 240 g/mol. The third kappa shape index (κ3) is 1.98. The highest BCUT2D eigenvalue weighted by molar-refractivity contribution is 5.65. The van der Waals surface area contributed by atoms with Crippen molar-refractivity contribution in [1.82, 2.24) is 9.55 Å². The summed E-state index contributed by atoms with van der Waals surface area (Å²) in [4.78, 5) is 15.1. The minimum absolute atomic E-state index is 0.0412. The van der Waals surface area contributed by atoms with Gasteiger partial charge in [0.2, 0.25) is 0 Å². The maximum Gasteiger partial charge on any atom is 0.347 e. The third-order valence-corrected chi connectivity index (χ3v) is 2.40. The first-order valence-corrected chi connectivity index (χ1v) is 4.96. The van der Waals surface area contributed by atoms with Crippen molar-refractivity contribution in [2.24, 2.45) is 7.05 Å². The predicted molar refractivity (Wildman–Crippen MR) is 59.5 cm³/mol. The highest BCUT2D eigenvalue weighted by Crippen LogP contribution is 2.21. The van der Waals surface area contributed by atoms with Gasteiger partial charge in [0.1, 0.15) is 6.07 Å². The fraction of sp³-hybridized carbons (Fsp3) is 0.0833. The second-order valence-electron chi connectivity index (χ2n) is 3.64. The third-order valence-electron chi connectivity index (χ3n) is 2.40. The van der Waals surface area contributed by atoms with Gasteiger partial charge in [-0.2, -0.15) is 10.2 Å². The van der Waals surface area contributed by atoms with Crippen molar-refractivity contribution in [3.05, 3.63) is 52.1 Å². The molecule has 0 unspecified atom stereocenters. The van der Waals surface area contributed by atoms with Crippen LogP contribution < -0.4 is 5.69 Å². The van der Waals surface area contributed by atoms with E-state index in [0.717, 1.165) is 16.7 Å². The summed E-state index contributed by atoms with van der Waals surface area (Å²) in [6.07, 6.45) is 1.30. The lowest BCUT2D eigenvalue weighted by atomic mass is 10.1. The number of aromatic nitrogens is 2. The second-order valence-corrected chi connectivity index (χ2v) is 3.64. The lowest BCUT2D eigenvalue weighted by molar-refractivity contribution is 0.509. The molecule has 0 amide bonds. The van der Waals surface area contributed by atoms with Crippen LogP contribution >= 0.6 is 0 Å². The van der Waals surface area contributed by atoms with Crippen LogP contribution in [0, 0.1) is 23.0 Å². The number of aryl methyl sites for hydroxylation is 1. The lowest BCUT2D eigenvalue weighted by Gasteiger charge is -2.05. The summed E-state index contributed by atoms with van der Waals surface area (Å²) in [7, 11) is 1.45. The average Bonchev–Trinajstić information content (AvgIpc) is 2.35. The Kier molecular flexibility index (Phi) is 2.90. The molecule has 0 fully saturated rings. The zero-order chi connectivity index (χ0) is 13.3. The maximum atomic E-state index is 13.1. The molecule has 0 aliphatic rings. The molecule has 0 spiro atoms. The van der Waals surface area contributed by atoms with Gasteiger partial charge < -0.3 is 4.57 Å². The minimum atomic E-state index is -1.06. The SMILES string of the molecule is Cn1cc(C#N)c(-c2ccc(F)c(F)c2)nc1=O. The first-order valence-electron chi connectivity index (χ1n) is 4.96. The van der Waals surface area contributed by atoms with Crippen molar-refractivity contribution in [1.29, 1.82) is 5.26 Å². The van der Waals surface area contributed by atoms with E-state index in [1.807, 2.05) is 6.07 Å². The van der Waals surface area contributed by atoms with Crippen molar-refractivity contribution in [3.63, 3.8) is 0 Å². The van der Waals surface area contributed by atoms with Crippen LogP contribution in [0.2, 0.25) is 0 Å². The number of benzene rings is 1. The molecule has 1 heterocycles. The van der Waals surface area contributed by atoms with E-state index in [0.29, 0.717) is 0 Å². The molecule has 0 saturated carbocycles. The van der Waals surface area contributed by atoms with E-state index in [9.17, 15) is 13.6 Å². The zero-order valence-electron chi connectivity index (χ0n) is 9.32. The number of halogens is 2. The highest BCUT2D eigenvalue weighted by atomic mass is 19.2. The Labute approximate surface area is 101 Å². The Morgan fingerprint density at radius 1 is 1.33 bits per heavy atom. The minimum Gasteiger partial charge on any atom is -0.301 e. The molecule has 18 heavy (non-hydrogen) atoms. The van der Waals surface area contributed by atoms with Crippen molar-refractivity contribution >= 4 is 0 Å². The molecule has 4 nitrogen and oxygen atoms in total. The molecule has 0 atom stereocenters. The van der Waals surface area contributed by atoms with Crippen LogP contribution in [-0.4, -0.2) is 9.55 Å². The van der Waals surface area contributed by atoms with Crippen LogP contribution in [0.25, 0.3) is 11.3 Å². The monoisotopic (exact) mass is 247 g/mol. The van der Waals surface area contributed by atoms with Gasteiger partial charge in [0.25, 0.3) is 0 Å². The molecule has 2 aromatic rings. The van der Waals surface area contributed by atoms with Crippen LogP contribution in [0.3, 0.4) is 0 Å². The zero-order valence-corrected chi connectivity index (χ0v) is 9.32.